The van der Waals surface area contributed by atoms with Crippen LogP contribution < -0.4 is 5.32 Å². The van der Waals surface area contributed by atoms with Gasteiger partial charge in [-0.2, -0.15) is 5.10 Å². The summed E-state index contributed by atoms with van der Waals surface area (Å²) in [5.74, 6) is 0. The van der Waals surface area contributed by atoms with Gasteiger partial charge in [-0.3, -0.25) is 4.68 Å². The fraction of sp³-hybridized carbons (Fsp3) is 0.800. The van der Waals surface area contributed by atoms with Crippen molar-refractivity contribution in [1.29, 1.82) is 0 Å². The van der Waals surface area contributed by atoms with E-state index in [-0.39, 0.29) is 0 Å². The van der Waals surface area contributed by atoms with Crippen molar-refractivity contribution < 1.29 is 0 Å². The summed E-state index contributed by atoms with van der Waals surface area (Å²) in [6.07, 6.45) is 8.35. The number of hydrogen-bond acceptors (Lipinski definition) is 2. The molecule has 3 nitrogen and oxygen atoms in total. The van der Waals surface area contributed by atoms with E-state index in [1.54, 1.807) is 0 Å². The van der Waals surface area contributed by atoms with Gasteiger partial charge in [0, 0.05) is 24.7 Å². The molecule has 1 aromatic heterocycles. The van der Waals surface area contributed by atoms with Crippen LogP contribution in [-0.2, 0) is 6.42 Å². The van der Waals surface area contributed by atoms with Crippen molar-refractivity contribution in [1.82, 2.24) is 15.1 Å². The minimum atomic E-state index is 0.455. The summed E-state index contributed by atoms with van der Waals surface area (Å²) in [6.45, 7) is 9.81. The molecule has 0 amide bonds. The predicted octanol–water partition coefficient (Wildman–Crippen LogP) is 3.56. The van der Waals surface area contributed by atoms with E-state index in [9.17, 15) is 0 Å². The predicted molar refractivity (Wildman–Crippen MR) is 77.9 cm³/mol. The molecule has 1 heterocycles. The Kier molecular flexibility index (Phi) is 7.02. The maximum absolute atomic E-state index is 4.64. The molecule has 0 aromatic carbocycles. The Morgan fingerprint density at radius 1 is 1.28 bits per heavy atom. The minimum Gasteiger partial charge on any atom is -0.314 e. The summed E-state index contributed by atoms with van der Waals surface area (Å²) in [7, 11) is 0. The van der Waals surface area contributed by atoms with Crippen LogP contribution in [0.2, 0.25) is 0 Å². The van der Waals surface area contributed by atoms with Crippen LogP contribution in [0.15, 0.2) is 12.3 Å². The van der Waals surface area contributed by atoms with Gasteiger partial charge in [0.2, 0.25) is 0 Å². The van der Waals surface area contributed by atoms with Crippen molar-refractivity contribution in [3.8, 4) is 0 Å². The molecule has 0 aliphatic carbocycles. The molecule has 0 fully saturated rings. The zero-order valence-corrected chi connectivity index (χ0v) is 12.4. The highest BCUT2D eigenvalue weighted by Gasteiger charge is 2.10. The first-order valence-corrected chi connectivity index (χ1v) is 7.44. The number of nitrogens with zero attached hydrogens (tertiary/aromatic N) is 2. The second-order valence-electron chi connectivity index (χ2n) is 5.34. The number of unbranched alkanes of at least 4 members (excludes halogenated alkanes) is 2. The first kappa shape index (κ1) is 15.2. The summed E-state index contributed by atoms with van der Waals surface area (Å²) in [5.41, 5.74) is 1.21. The largest absolute Gasteiger partial charge is 0.314 e. The van der Waals surface area contributed by atoms with E-state index in [0.717, 1.165) is 13.0 Å². The maximum Gasteiger partial charge on any atom is 0.0640 e. The molecule has 0 aliphatic heterocycles. The van der Waals surface area contributed by atoms with Crippen LogP contribution in [0.5, 0.6) is 0 Å². The second-order valence-corrected chi connectivity index (χ2v) is 5.34. The second kappa shape index (κ2) is 8.30. The average Bonchev–Trinajstić information content (AvgIpc) is 2.78. The molecule has 0 bridgehead atoms. The first-order chi connectivity index (χ1) is 8.67. The van der Waals surface area contributed by atoms with Gasteiger partial charge in [-0.25, -0.2) is 0 Å². The molecule has 18 heavy (non-hydrogen) atoms. The Morgan fingerprint density at radius 2 is 2.06 bits per heavy atom. The molecule has 1 N–H and O–H groups in total. The third-order valence-electron chi connectivity index (χ3n) is 3.30. The van der Waals surface area contributed by atoms with Gasteiger partial charge in [0.05, 0.1) is 5.69 Å². The molecule has 0 saturated heterocycles. The van der Waals surface area contributed by atoms with Gasteiger partial charge in [-0.15, -0.1) is 0 Å². The van der Waals surface area contributed by atoms with Gasteiger partial charge in [-0.1, -0.05) is 33.1 Å². The number of nitrogens with one attached hydrogen (secondary N) is 1. The Hall–Kier alpha value is -0.830. The van der Waals surface area contributed by atoms with E-state index in [2.05, 4.69) is 50.4 Å². The number of rotatable bonds is 9. The number of aromatic nitrogens is 2. The summed E-state index contributed by atoms with van der Waals surface area (Å²) in [6, 6.07) is 3.19. The molecule has 1 rings (SSSR count). The third kappa shape index (κ3) is 5.21. The Bertz CT molecular complexity index is 317. The molecule has 104 valence electrons. The minimum absolute atomic E-state index is 0.455. The van der Waals surface area contributed by atoms with Crippen LogP contribution in [0.1, 0.15) is 65.1 Å². The fourth-order valence-corrected chi connectivity index (χ4v) is 2.23. The monoisotopic (exact) mass is 251 g/mol. The lowest BCUT2D eigenvalue weighted by molar-refractivity contribution is 0.456. The quantitative estimate of drug-likeness (QED) is 0.680. The lowest BCUT2D eigenvalue weighted by Gasteiger charge is -2.16. The van der Waals surface area contributed by atoms with Crippen LogP contribution in [-0.4, -0.2) is 22.4 Å². The van der Waals surface area contributed by atoms with Crippen molar-refractivity contribution in [2.45, 2.75) is 71.9 Å². The molecule has 1 aromatic rings. The molecule has 1 atom stereocenters. The highest BCUT2D eigenvalue weighted by molar-refractivity contribution is 5.02. The Labute approximate surface area is 112 Å². The molecule has 0 aliphatic rings. The van der Waals surface area contributed by atoms with Crippen LogP contribution in [0.3, 0.4) is 0 Å². The van der Waals surface area contributed by atoms with Gasteiger partial charge in [0.15, 0.2) is 0 Å². The molecule has 3 heteroatoms. The van der Waals surface area contributed by atoms with Crippen LogP contribution >= 0.6 is 0 Å². The zero-order chi connectivity index (χ0) is 13.4. The van der Waals surface area contributed by atoms with Gasteiger partial charge in [0.25, 0.3) is 0 Å². The normalized spacial score (nSPS) is 13.2. The lowest BCUT2D eigenvalue weighted by atomic mass is 10.0. The zero-order valence-electron chi connectivity index (χ0n) is 12.4. The van der Waals surface area contributed by atoms with Crippen molar-refractivity contribution in [2.75, 3.05) is 6.54 Å². The smallest absolute Gasteiger partial charge is 0.0640 e. The SMILES string of the molecule is CCCCCC(Cc1ccn(C(C)C)n1)NCC. The standard InChI is InChI=1S/C15H29N3/c1-5-7-8-9-14(16-6-2)12-15-10-11-18(17-15)13(3)4/h10-11,13-14,16H,5-9,12H2,1-4H3. The molecular weight excluding hydrogens is 222 g/mol. The summed E-state index contributed by atoms with van der Waals surface area (Å²) >= 11 is 0. The van der Waals surface area contributed by atoms with E-state index in [0.29, 0.717) is 12.1 Å². The van der Waals surface area contributed by atoms with Crippen molar-refractivity contribution in [2.24, 2.45) is 0 Å². The lowest BCUT2D eigenvalue weighted by Crippen LogP contribution is -2.31. The first-order valence-electron chi connectivity index (χ1n) is 7.44. The van der Waals surface area contributed by atoms with E-state index >= 15 is 0 Å². The van der Waals surface area contributed by atoms with Gasteiger partial charge >= 0.3 is 0 Å². The summed E-state index contributed by atoms with van der Waals surface area (Å²) in [4.78, 5) is 0. The van der Waals surface area contributed by atoms with E-state index in [4.69, 9.17) is 0 Å². The Balaban J connectivity index is 2.47. The van der Waals surface area contributed by atoms with Gasteiger partial charge in [-0.05, 0) is 32.9 Å². The third-order valence-corrected chi connectivity index (χ3v) is 3.30. The van der Waals surface area contributed by atoms with Crippen LogP contribution in [0, 0.1) is 0 Å². The molecular formula is C15H29N3. The summed E-state index contributed by atoms with van der Waals surface area (Å²) in [5, 5.41) is 8.22. The van der Waals surface area contributed by atoms with E-state index < -0.39 is 0 Å². The average molecular weight is 251 g/mol. The molecule has 0 radical (unpaired) electrons. The van der Waals surface area contributed by atoms with E-state index in [1.165, 1.54) is 31.4 Å². The van der Waals surface area contributed by atoms with Gasteiger partial charge < -0.3 is 5.32 Å². The Morgan fingerprint density at radius 3 is 2.61 bits per heavy atom. The van der Waals surface area contributed by atoms with Crippen LogP contribution in [0.4, 0.5) is 0 Å². The summed E-state index contributed by atoms with van der Waals surface area (Å²) < 4.78 is 2.05. The van der Waals surface area contributed by atoms with Gasteiger partial charge in [0.1, 0.15) is 0 Å². The fourth-order valence-electron chi connectivity index (χ4n) is 2.23. The highest BCUT2D eigenvalue weighted by Crippen LogP contribution is 2.10. The van der Waals surface area contributed by atoms with Crippen molar-refractivity contribution in [3.63, 3.8) is 0 Å². The van der Waals surface area contributed by atoms with Crippen LogP contribution in [0.25, 0.3) is 0 Å². The molecule has 0 spiro atoms. The molecule has 1 unspecified atom stereocenters. The highest BCUT2D eigenvalue weighted by atomic mass is 15.3. The van der Waals surface area contributed by atoms with Crippen molar-refractivity contribution in [3.05, 3.63) is 18.0 Å². The molecule has 0 saturated carbocycles. The topological polar surface area (TPSA) is 29.9 Å². The van der Waals surface area contributed by atoms with E-state index in [1.807, 2.05) is 4.68 Å². The number of hydrogen-bond donors (Lipinski definition) is 1. The van der Waals surface area contributed by atoms with Crippen molar-refractivity contribution >= 4 is 0 Å². The number of likely N-dealkylation sites (N-methyl/N-ethyl adjacent to an activating group) is 1. The maximum atomic E-state index is 4.64.